The van der Waals surface area contributed by atoms with Crippen molar-refractivity contribution in [2.24, 2.45) is 0 Å². The van der Waals surface area contributed by atoms with Crippen molar-refractivity contribution in [3.8, 4) is 44.5 Å². The summed E-state index contributed by atoms with van der Waals surface area (Å²) in [6, 6.07) is 61.5. The van der Waals surface area contributed by atoms with Crippen molar-refractivity contribution in [2.75, 3.05) is 0 Å². The van der Waals surface area contributed by atoms with Gasteiger partial charge in [-0.3, -0.25) is 0 Å². The molecule has 0 nitrogen and oxygen atoms in total. The summed E-state index contributed by atoms with van der Waals surface area (Å²) in [5.74, 6) is 0. The molecule has 0 saturated heterocycles. The fourth-order valence-electron chi connectivity index (χ4n) is 7.66. The lowest BCUT2D eigenvalue weighted by molar-refractivity contribution is 1.63. The monoisotopic (exact) mass is 640 g/mol. The molecule has 0 bridgehead atoms. The molecular weight excluding hydrogens is 609 g/mol. The van der Waals surface area contributed by atoms with Gasteiger partial charge in [0.1, 0.15) is 0 Å². The summed E-state index contributed by atoms with van der Waals surface area (Å²) < 4.78 is 18.5. The van der Waals surface area contributed by atoms with Gasteiger partial charge in [0, 0.05) is 20.2 Å². The Balaban J connectivity index is 1.17. The van der Waals surface area contributed by atoms with Crippen LogP contribution in [0.1, 0.15) is 2.74 Å². The van der Waals surface area contributed by atoms with Crippen molar-refractivity contribution in [1.29, 1.82) is 0 Å². The number of hydrogen-bond acceptors (Lipinski definition) is 1. The average molecular weight is 641 g/mol. The minimum atomic E-state index is 0.527. The normalized spacial score (nSPS) is 12.2. The highest BCUT2D eigenvalue weighted by atomic mass is 32.1. The van der Waals surface area contributed by atoms with Crippen LogP contribution in [0.4, 0.5) is 0 Å². The first-order chi connectivity index (χ1) is 25.1. The second-order valence-electron chi connectivity index (χ2n) is 12.7. The lowest BCUT2D eigenvalue weighted by Gasteiger charge is -2.18. The van der Waals surface area contributed by atoms with Crippen LogP contribution in [0.3, 0.4) is 0 Å². The van der Waals surface area contributed by atoms with Gasteiger partial charge in [-0.2, -0.15) is 0 Å². The molecule has 228 valence electrons. The molecule has 0 unspecified atom stereocenters. The van der Waals surface area contributed by atoms with E-state index in [-0.39, 0.29) is 0 Å². The third-order valence-electron chi connectivity index (χ3n) is 9.92. The van der Waals surface area contributed by atoms with Gasteiger partial charge in [-0.25, -0.2) is 0 Å². The number of rotatable bonds is 4. The quantitative estimate of drug-likeness (QED) is 0.168. The van der Waals surface area contributed by atoms with Crippen LogP contribution < -0.4 is 0 Å². The highest BCUT2D eigenvalue weighted by Gasteiger charge is 2.18. The summed E-state index contributed by atoms with van der Waals surface area (Å²) in [5, 5.41) is 9.71. The number of hydrogen-bond donors (Lipinski definition) is 0. The fraction of sp³-hybridized carbons (Fsp3) is 0. The van der Waals surface area contributed by atoms with Crippen molar-refractivity contribution >= 4 is 63.8 Å². The van der Waals surface area contributed by atoms with E-state index in [0.29, 0.717) is 12.1 Å². The van der Waals surface area contributed by atoms with E-state index in [1.807, 2.05) is 41.7 Å². The molecular formula is C48H30S. The first-order valence-corrected chi connectivity index (χ1v) is 17.5. The predicted molar refractivity (Wildman–Crippen MR) is 214 cm³/mol. The van der Waals surface area contributed by atoms with Crippen LogP contribution in [-0.2, 0) is 0 Å². The third kappa shape index (κ3) is 4.58. The van der Waals surface area contributed by atoms with E-state index >= 15 is 0 Å². The van der Waals surface area contributed by atoms with Crippen molar-refractivity contribution in [1.82, 2.24) is 0 Å². The summed E-state index contributed by atoms with van der Waals surface area (Å²) >= 11 is 1.84. The van der Waals surface area contributed by atoms with Crippen LogP contribution >= 0.6 is 11.3 Å². The van der Waals surface area contributed by atoms with Gasteiger partial charge in [0.25, 0.3) is 0 Å². The molecule has 1 aromatic heterocycles. The molecule has 10 rings (SSSR count). The van der Waals surface area contributed by atoms with Crippen LogP contribution in [0.2, 0.25) is 0 Å². The van der Waals surface area contributed by atoms with Crippen molar-refractivity contribution in [3.05, 3.63) is 182 Å². The number of fused-ring (bicyclic) bond motifs is 6. The number of thiophene rings is 1. The third-order valence-corrected chi connectivity index (χ3v) is 11.1. The second-order valence-corrected chi connectivity index (χ2v) is 13.7. The standard InChI is InChI=1S/C48H30S/c1-2-13-32(14-3-1)38-22-11-23-43-44-30-37(26-27-45(44)49-48(38)43)47-41-20-8-6-18-39(41)46(40-19-7-9-21-42(40)47)36-17-10-16-34(29-36)35-25-24-31-12-4-5-15-33(31)28-35/h1-30H/i1D,4D. The lowest BCUT2D eigenvalue weighted by Crippen LogP contribution is -1.91. The van der Waals surface area contributed by atoms with Gasteiger partial charge in [-0.1, -0.05) is 158 Å². The minimum Gasteiger partial charge on any atom is -0.135 e. The van der Waals surface area contributed by atoms with Crippen LogP contribution in [0.15, 0.2) is 182 Å². The summed E-state index contributed by atoms with van der Waals surface area (Å²) in [7, 11) is 0. The first kappa shape index (κ1) is 26.0. The maximum Gasteiger partial charge on any atom is 0.0623 e. The largest absolute Gasteiger partial charge is 0.135 e. The van der Waals surface area contributed by atoms with E-state index < -0.39 is 0 Å². The molecule has 0 aliphatic carbocycles. The molecule has 0 atom stereocenters. The van der Waals surface area contributed by atoms with Crippen LogP contribution in [0.25, 0.3) is 97.0 Å². The molecule has 0 saturated carbocycles. The maximum absolute atomic E-state index is 8.02. The molecule has 0 aliphatic heterocycles. The summed E-state index contributed by atoms with van der Waals surface area (Å²) in [4.78, 5) is 0. The first-order valence-electron chi connectivity index (χ1n) is 17.7. The van der Waals surface area contributed by atoms with Gasteiger partial charge in [0.15, 0.2) is 0 Å². The molecule has 9 aromatic carbocycles. The van der Waals surface area contributed by atoms with Crippen LogP contribution in [0.5, 0.6) is 0 Å². The Morgan fingerprint density at radius 1 is 0.347 bits per heavy atom. The molecule has 0 N–H and O–H groups in total. The Bertz CT molecular complexity index is 2930. The molecule has 0 aliphatic rings. The average Bonchev–Trinajstić information content (AvgIpc) is 3.55. The van der Waals surface area contributed by atoms with Gasteiger partial charge < -0.3 is 0 Å². The van der Waals surface area contributed by atoms with Crippen LogP contribution in [-0.4, -0.2) is 0 Å². The molecule has 0 fully saturated rings. The lowest BCUT2D eigenvalue weighted by atomic mass is 9.85. The molecule has 1 heteroatoms. The zero-order valence-corrected chi connectivity index (χ0v) is 27.4. The molecule has 10 aromatic rings. The van der Waals surface area contributed by atoms with Crippen molar-refractivity contribution < 1.29 is 2.74 Å². The zero-order chi connectivity index (χ0) is 34.1. The minimum absolute atomic E-state index is 0.527. The molecule has 1 heterocycles. The van der Waals surface area contributed by atoms with Crippen molar-refractivity contribution in [3.63, 3.8) is 0 Å². The molecule has 0 radical (unpaired) electrons. The Morgan fingerprint density at radius 2 is 0.939 bits per heavy atom. The Kier molecular flexibility index (Phi) is 6.00. The predicted octanol–water partition coefficient (Wildman–Crippen LogP) is 14.2. The van der Waals surface area contributed by atoms with Crippen LogP contribution in [0, 0.1) is 0 Å². The van der Waals surface area contributed by atoms with E-state index in [2.05, 4.69) is 140 Å². The van der Waals surface area contributed by atoms with E-state index in [9.17, 15) is 0 Å². The topological polar surface area (TPSA) is 0 Å². The molecule has 0 spiro atoms. The Hall–Kier alpha value is -6.02. The highest BCUT2D eigenvalue weighted by Crippen LogP contribution is 2.46. The van der Waals surface area contributed by atoms with E-state index in [1.165, 1.54) is 80.7 Å². The zero-order valence-electron chi connectivity index (χ0n) is 28.6. The van der Waals surface area contributed by atoms with Gasteiger partial charge in [0.2, 0.25) is 0 Å². The van der Waals surface area contributed by atoms with Gasteiger partial charge in [-0.05, 0) is 101 Å². The summed E-state index contributed by atoms with van der Waals surface area (Å²) in [5.41, 5.74) is 9.60. The fourth-order valence-corrected chi connectivity index (χ4v) is 8.88. The second kappa shape index (κ2) is 11.3. The molecule has 49 heavy (non-hydrogen) atoms. The summed E-state index contributed by atoms with van der Waals surface area (Å²) in [6.45, 7) is 0. The smallest absolute Gasteiger partial charge is 0.0623 e. The van der Waals surface area contributed by atoms with E-state index in [1.54, 1.807) is 0 Å². The highest BCUT2D eigenvalue weighted by molar-refractivity contribution is 7.26. The number of benzene rings is 9. The molecule has 0 amide bonds. The Labute approximate surface area is 292 Å². The SMILES string of the molecule is [2H]c1ccc(-c2cccc3c2sc2ccc(-c4c5ccccc5c(-c5cccc(-c6ccc7cc([2H])ccc7c6)c5)c5ccccc45)cc23)cc1. The maximum atomic E-state index is 8.02. The summed E-state index contributed by atoms with van der Waals surface area (Å²) in [6.07, 6.45) is 0. The van der Waals surface area contributed by atoms with E-state index in [4.69, 9.17) is 2.74 Å². The van der Waals surface area contributed by atoms with Gasteiger partial charge >= 0.3 is 0 Å². The van der Waals surface area contributed by atoms with E-state index in [0.717, 1.165) is 16.3 Å². The van der Waals surface area contributed by atoms with Crippen molar-refractivity contribution in [2.45, 2.75) is 0 Å². The Morgan fingerprint density at radius 3 is 1.69 bits per heavy atom. The van der Waals surface area contributed by atoms with Gasteiger partial charge in [0.05, 0.1) is 2.74 Å². The van der Waals surface area contributed by atoms with Gasteiger partial charge in [-0.15, -0.1) is 11.3 Å².